The van der Waals surface area contributed by atoms with E-state index >= 15 is 0 Å². The van der Waals surface area contributed by atoms with Gasteiger partial charge in [-0.2, -0.15) is 0 Å². The van der Waals surface area contributed by atoms with E-state index in [1.807, 2.05) is 34.2 Å². The molecule has 2 rings (SSSR count). The third-order valence-electron chi connectivity index (χ3n) is 5.17. The summed E-state index contributed by atoms with van der Waals surface area (Å²) in [5, 5.41) is 3.84. The molecule has 0 atom stereocenters. The van der Waals surface area contributed by atoms with Crippen molar-refractivity contribution in [1.82, 2.24) is 9.88 Å². The largest absolute Gasteiger partial charge is 0.366 e. The third-order valence-corrected chi connectivity index (χ3v) is 6.53. The molecule has 33 heavy (non-hydrogen) atoms. The van der Waals surface area contributed by atoms with Crippen LogP contribution in [-0.4, -0.2) is 40.9 Å². The Balaban J connectivity index is 0.000000978. The van der Waals surface area contributed by atoms with Crippen molar-refractivity contribution < 1.29 is 4.79 Å². The van der Waals surface area contributed by atoms with Crippen molar-refractivity contribution in [2.45, 2.75) is 81.6 Å². The van der Waals surface area contributed by atoms with Crippen molar-refractivity contribution >= 4 is 45.1 Å². The van der Waals surface area contributed by atoms with E-state index in [-0.39, 0.29) is 24.0 Å². The van der Waals surface area contributed by atoms with Crippen LogP contribution in [0.4, 0.5) is 5.69 Å². The molecule has 2 aromatic rings. The number of thiazole rings is 1. The molecule has 1 aromatic heterocycles. The normalized spacial score (nSPS) is 11.6. The molecule has 0 saturated carbocycles. The smallest absolute Gasteiger partial charge is 0.148 e. The highest BCUT2D eigenvalue weighted by atomic mass is 79.9. The molecule has 0 spiro atoms. The van der Waals surface area contributed by atoms with Gasteiger partial charge in [-0.1, -0.05) is 71.0 Å². The van der Waals surface area contributed by atoms with Crippen LogP contribution >= 0.6 is 27.3 Å². The second-order valence-electron chi connectivity index (χ2n) is 10.2. The molecular formula is C27H44BrN3OS. The van der Waals surface area contributed by atoms with E-state index < -0.39 is 0 Å². The van der Waals surface area contributed by atoms with Crippen molar-refractivity contribution in [2.75, 3.05) is 18.9 Å². The predicted octanol–water partition coefficient (Wildman–Crippen LogP) is 7.89. The summed E-state index contributed by atoms with van der Waals surface area (Å²) < 4.78 is 0. The molecule has 0 amide bonds. The Morgan fingerprint density at radius 2 is 1.76 bits per heavy atom. The van der Waals surface area contributed by atoms with Gasteiger partial charge in [-0.05, 0) is 43.5 Å². The summed E-state index contributed by atoms with van der Waals surface area (Å²) in [5.74, 6) is 0.248. The SMILES string of the molecule is C.CC(C)(C)C(=O)CBr.CCN(C)C=Nc1cc(C)c(Cc2nc(C(C)(C)C)cs2)cc1C. The summed E-state index contributed by atoms with van der Waals surface area (Å²) in [4.78, 5) is 22.3. The van der Waals surface area contributed by atoms with Gasteiger partial charge >= 0.3 is 0 Å². The van der Waals surface area contributed by atoms with Crippen molar-refractivity contribution in [1.29, 1.82) is 0 Å². The monoisotopic (exact) mass is 537 g/mol. The second kappa shape index (κ2) is 13.4. The zero-order valence-electron chi connectivity index (χ0n) is 21.5. The molecular weight excluding hydrogens is 494 g/mol. The maximum atomic E-state index is 10.8. The number of hydrogen-bond donors (Lipinski definition) is 0. The second-order valence-corrected chi connectivity index (χ2v) is 11.7. The quantitative estimate of drug-likeness (QED) is 0.213. The Hall–Kier alpha value is -1.53. The van der Waals surface area contributed by atoms with Gasteiger partial charge in [0.25, 0.3) is 0 Å². The van der Waals surface area contributed by atoms with Gasteiger partial charge < -0.3 is 4.90 Å². The first-order valence-corrected chi connectivity index (χ1v) is 13.1. The fourth-order valence-corrected chi connectivity index (χ4v) is 4.42. The van der Waals surface area contributed by atoms with E-state index in [2.05, 4.69) is 84.9 Å². The lowest BCUT2D eigenvalue weighted by atomic mass is 9.92. The first-order valence-electron chi connectivity index (χ1n) is 11.1. The summed E-state index contributed by atoms with van der Waals surface area (Å²) in [7, 11) is 2.04. The van der Waals surface area contributed by atoms with E-state index in [9.17, 15) is 4.79 Å². The standard InChI is InChI=1S/C20H29N3S.C6H11BrO.CH4/c1-8-23(7)13-21-17-10-14(2)16(9-15(17)3)11-19-22-18(12-24-19)20(4,5)6;1-6(2,3)5(8)4-7;/h9-10,12-13H,8,11H2,1-7H3;4H2,1-3H3;1H4. The number of nitrogens with zero attached hydrogens (tertiary/aromatic N) is 3. The molecule has 4 nitrogen and oxygen atoms in total. The van der Waals surface area contributed by atoms with E-state index in [0.29, 0.717) is 5.33 Å². The Labute approximate surface area is 215 Å². The van der Waals surface area contributed by atoms with Crippen LogP contribution in [0.1, 0.15) is 83.3 Å². The van der Waals surface area contributed by atoms with Gasteiger partial charge in [0.1, 0.15) is 5.78 Å². The minimum atomic E-state index is -0.177. The van der Waals surface area contributed by atoms with Gasteiger partial charge in [-0.25, -0.2) is 9.98 Å². The van der Waals surface area contributed by atoms with Crippen LogP contribution < -0.4 is 0 Å². The number of rotatable bonds is 6. The molecule has 6 heteroatoms. The molecule has 0 saturated heterocycles. The van der Waals surface area contributed by atoms with Crippen molar-refractivity contribution in [2.24, 2.45) is 10.4 Å². The molecule has 0 aliphatic rings. The van der Waals surface area contributed by atoms with Gasteiger partial charge in [0.15, 0.2) is 0 Å². The molecule has 0 radical (unpaired) electrons. The molecule has 0 fully saturated rings. The number of aliphatic imine (C=N–C) groups is 1. The first-order chi connectivity index (χ1) is 14.7. The zero-order chi connectivity index (χ0) is 24.7. The average molecular weight is 539 g/mol. The van der Waals surface area contributed by atoms with E-state index in [0.717, 1.165) is 18.7 Å². The number of benzene rings is 1. The minimum Gasteiger partial charge on any atom is -0.366 e. The number of alkyl halides is 1. The van der Waals surface area contributed by atoms with Gasteiger partial charge in [-0.15, -0.1) is 11.3 Å². The highest BCUT2D eigenvalue weighted by Gasteiger charge is 2.19. The molecule has 186 valence electrons. The number of hydrogen-bond acceptors (Lipinski definition) is 4. The Kier molecular flexibility index (Phi) is 12.8. The fraction of sp³-hybridized carbons (Fsp3) is 0.593. The number of ketones is 1. The topological polar surface area (TPSA) is 45.6 Å². The maximum Gasteiger partial charge on any atom is 0.148 e. The Bertz CT molecular complexity index is 920. The summed E-state index contributed by atoms with van der Waals surface area (Å²) >= 11 is 4.86. The highest BCUT2D eigenvalue weighted by molar-refractivity contribution is 9.09. The fourth-order valence-electron chi connectivity index (χ4n) is 2.53. The van der Waals surface area contributed by atoms with Gasteiger partial charge in [0.05, 0.1) is 28.1 Å². The molecule has 0 N–H and O–H groups in total. The number of aryl methyl sites for hydroxylation is 2. The number of Topliss-reactive ketones (excluding diaryl/α,β-unsaturated/α-hetero) is 1. The van der Waals surface area contributed by atoms with Crippen molar-refractivity contribution in [3.63, 3.8) is 0 Å². The highest BCUT2D eigenvalue weighted by Crippen LogP contribution is 2.28. The van der Waals surface area contributed by atoms with Crippen LogP contribution in [0.15, 0.2) is 22.5 Å². The Morgan fingerprint density at radius 1 is 1.15 bits per heavy atom. The lowest BCUT2D eigenvalue weighted by Crippen LogP contribution is -2.20. The van der Waals surface area contributed by atoms with Gasteiger partial charge in [0.2, 0.25) is 0 Å². The van der Waals surface area contributed by atoms with Crippen LogP contribution in [0.5, 0.6) is 0 Å². The number of aromatic nitrogens is 1. The molecule has 1 heterocycles. The van der Waals surface area contributed by atoms with Gasteiger partial charge in [-0.3, -0.25) is 4.79 Å². The van der Waals surface area contributed by atoms with Gasteiger partial charge in [0, 0.05) is 36.2 Å². The Morgan fingerprint density at radius 3 is 2.18 bits per heavy atom. The van der Waals surface area contributed by atoms with Crippen LogP contribution in [0.25, 0.3) is 0 Å². The number of carbonyl (C=O) groups is 1. The lowest BCUT2D eigenvalue weighted by molar-refractivity contribution is -0.123. The lowest BCUT2D eigenvalue weighted by Gasteiger charge is -2.14. The predicted molar refractivity (Wildman–Crippen MR) is 151 cm³/mol. The van der Waals surface area contributed by atoms with Crippen molar-refractivity contribution in [3.8, 4) is 0 Å². The summed E-state index contributed by atoms with van der Waals surface area (Å²) in [5.41, 5.74) is 5.99. The molecule has 1 aromatic carbocycles. The number of halogens is 1. The summed E-state index contributed by atoms with van der Waals surface area (Å²) in [6.45, 7) is 19.7. The van der Waals surface area contributed by atoms with Crippen LogP contribution in [0.2, 0.25) is 0 Å². The minimum absolute atomic E-state index is 0. The van der Waals surface area contributed by atoms with Crippen molar-refractivity contribution in [3.05, 3.63) is 44.9 Å². The molecule has 0 aliphatic carbocycles. The third kappa shape index (κ3) is 10.5. The van der Waals surface area contributed by atoms with Crippen LogP contribution in [-0.2, 0) is 16.6 Å². The van der Waals surface area contributed by atoms with Crippen LogP contribution in [0.3, 0.4) is 0 Å². The van der Waals surface area contributed by atoms with Crippen LogP contribution in [0, 0.1) is 19.3 Å². The van der Waals surface area contributed by atoms with E-state index in [1.165, 1.54) is 27.4 Å². The molecule has 0 bridgehead atoms. The molecule has 0 unspecified atom stereocenters. The summed E-state index contributed by atoms with van der Waals surface area (Å²) in [6.07, 6.45) is 2.80. The maximum absolute atomic E-state index is 10.8. The summed E-state index contributed by atoms with van der Waals surface area (Å²) in [6, 6.07) is 4.44. The zero-order valence-corrected chi connectivity index (χ0v) is 23.9. The van der Waals surface area contributed by atoms with E-state index in [1.54, 1.807) is 11.3 Å². The number of carbonyl (C=O) groups excluding carboxylic acids is 1. The first kappa shape index (κ1) is 31.5. The van der Waals surface area contributed by atoms with E-state index in [4.69, 9.17) is 4.98 Å². The average Bonchev–Trinajstić information content (AvgIpc) is 3.17. The molecule has 0 aliphatic heterocycles.